The van der Waals surface area contributed by atoms with Gasteiger partial charge in [-0.1, -0.05) is 51.1 Å². The predicted octanol–water partition coefficient (Wildman–Crippen LogP) is 4.66. The SMILES string of the molecule is CCOC(=O)c1nn(-c2ccc(C(C)(C)C)cc2)c(=O)c2cc3c(cc12)C(=O)N(c1ccccc1)C3=O. The molecule has 5 rings (SSSR count). The highest BCUT2D eigenvalue weighted by atomic mass is 16.5. The summed E-state index contributed by atoms with van der Waals surface area (Å²) in [6, 6.07) is 18.6. The number of fused-ring (bicyclic) bond motifs is 2. The molecule has 1 aliphatic rings. The first kappa shape index (κ1) is 24.1. The molecule has 3 aromatic carbocycles. The summed E-state index contributed by atoms with van der Waals surface area (Å²) in [6.07, 6.45) is 0. The maximum atomic E-state index is 13.6. The monoisotopic (exact) mass is 495 g/mol. The number of aromatic nitrogens is 2. The van der Waals surface area contributed by atoms with Crippen LogP contribution in [0.5, 0.6) is 0 Å². The Morgan fingerprint density at radius 1 is 0.838 bits per heavy atom. The molecule has 0 radical (unpaired) electrons. The van der Waals surface area contributed by atoms with Crippen molar-refractivity contribution in [2.24, 2.45) is 0 Å². The standard InChI is InChI=1S/C29H25N3O5/c1-5-37-28(36)24-20-15-22-23(26(34)31(25(22)33)18-9-7-6-8-10-18)16-21(20)27(35)32(30-24)19-13-11-17(12-14-19)29(2,3)4/h6-16H,5H2,1-4H3. The first-order valence-corrected chi connectivity index (χ1v) is 11.9. The van der Waals surface area contributed by atoms with Gasteiger partial charge in [0.1, 0.15) is 0 Å². The van der Waals surface area contributed by atoms with Gasteiger partial charge in [-0.25, -0.2) is 9.69 Å². The Hall–Kier alpha value is -4.59. The maximum absolute atomic E-state index is 13.6. The number of carbonyl (C=O) groups excluding carboxylic acids is 3. The number of para-hydroxylation sites is 1. The van der Waals surface area contributed by atoms with Gasteiger partial charge in [0.15, 0.2) is 5.69 Å². The topological polar surface area (TPSA) is 98.6 Å². The number of ether oxygens (including phenoxy) is 1. The van der Waals surface area contributed by atoms with Crippen molar-refractivity contribution >= 4 is 34.2 Å². The molecule has 0 fully saturated rings. The molecule has 2 heterocycles. The van der Waals surface area contributed by atoms with Crippen LogP contribution in [0.15, 0.2) is 71.5 Å². The lowest BCUT2D eigenvalue weighted by atomic mass is 9.87. The van der Waals surface area contributed by atoms with Crippen LogP contribution in [0.2, 0.25) is 0 Å². The van der Waals surface area contributed by atoms with Crippen LogP contribution in [0.3, 0.4) is 0 Å². The Bertz CT molecular complexity index is 1630. The van der Waals surface area contributed by atoms with Crippen molar-refractivity contribution in [3.8, 4) is 5.69 Å². The van der Waals surface area contributed by atoms with E-state index in [0.29, 0.717) is 11.4 Å². The molecule has 1 aliphatic heterocycles. The highest BCUT2D eigenvalue weighted by Gasteiger charge is 2.38. The number of carbonyl (C=O) groups is 3. The van der Waals surface area contributed by atoms with E-state index < -0.39 is 23.3 Å². The lowest BCUT2D eigenvalue weighted by molar-refractivity contribution is 0.0519. The number of benzene rings is 3. The first-order valence-electron chi connectivity index (χ1n) is 11.9. The van der Waals surface area contributed by atoms with Gasteiger partial charge in [-0.05, 0) is 54.3 Å². The molecule has 8 nitrogen and oxygen atoms in total. The van der Waals surface area contributed by atoms with Crippen LogP contribution >= 0.6 is 0 Å². The van der Waals surface area contributed by atoms with E-state index in [2.05, 4.69) is 25.9 Å². The van der Waals surface area contributed by atoms with Crippen molar-refractivity contribution in [3.05, 3.63) is 99.5 Å². The molecule has 0 spiro atoms. The maximum Gasteiger partial charge on any atom is 0.359 e. The Kier molecular flexibility index (Phi) is 5.75. The van der Waals surface area contributed by atoms with E-state index >= 15 is 0 Å². The van der Waals surface area contributed by atoms with Crippen molar-refractivity contribution in [1.29, 1.82) is 0 Å². The van der Waals surface area contributed by atoms with Crippen LogP contribution in [-0.2, 0) is 10.2 Å². The lowest BCUT2D eigenvalue weighted by Gasteiger charge is -2.19. The highest BCUT2D eigenvalue weighted by Crippen LogP contribution is 2.32. The Balaban J connectivity index is 1.73. The van der Waals surface area contributed by atoms with Crippen LogP contribution in [0.4, 0.5) is 5.69 Å². The predicted molar refractivity (Wildman–Crippen MR) is 140 cm³/mol. The summed E-state index contributed by atoms with van der Waals surface area (Å²) >= 11 is 0. The Morgan fingerprint density at radius 2 is 1.43 bits per heavy atom. The summed E-state index contributed by atoms with van der Waals surface area (Å²) in [7, 11) is 0. The van der Waals surface area contributed by atoms with Gasteiger partial charge in [-0.2, -0.15) is 9.78 Å². The molecule has 0 saturated heterocycles. The summed E-state index contributed by atoms with van der Waals surface area (Å²) < 4.78 is 6.34. The van der Waals surface area contributed by atoms with E-state index in [1.54, 1.807) is 49.4 Å². The number of hydrogen-bond donors (Lipinski definition) is 0. The molecule has 0 N–H and O–H groups in total. The van der Waals surface area contributed by atoms with Crippen LogP contribution < -0.4 is 10.5 Å². The third kappa shape index (κ3) is 4.00. The minimum absolute atomic E-state index is 0.0888. The van der Waals surface area contributed by atoms with Crippen LogP contribution in [-0.4, -0.2) is 34.2 Å². The summed E-state index contributed by atoms with van der Waals surface area (Å²) in [6.45, 7) is 8.02. The Labute approximate surface area is 213 Å². The fourth-order valence-electron chi connectivity index (χ4n) is 4.41. The Morgan fingerprint density at radius 3 is 2.00 bits per heavy atom. The average Bonchev–Trinajstić information content (AvgIpc) is 3.12. The zero-order valence-electron chi connectivity index (χ0n) is 20.9. The number of anilines is 1. The van der Waals surface area contributed by atoms with Gasteiger partial charge in [-0.3, -0.25) is 14.4 Å². The highest BCUT2D eigenvalue weighted by molar-refractivity contribution is 6.35. The fourth-order valence-corrected chi connectivity index (χ4v) is 4.41. The lowest BCUT2D eigenvalue weighted by Crippen LogP contribution is -2.29. The first-order chi connectivity index (χ1) is 17.6. The van der Waals surface area contributed by atoms with E-state index in [1.807, 2.05) is 12.1 Å². The van der Waals surface area contributed by atoms with Crippen molar-refractivity contribution in [3.63, 3.8) is 0 Å². The molecule has 37 heavy (non-hydrogen) atoms. The van der Waals surface area contributed by atoms with Gasteiger partial charge >= 0.3 is 5.97 Å². The molecule has 0 bridgehead atoms. The third-order valence-corrected chi connectivity index (χ3v) is 6.36. The zero-order valence-corrected chi connectivity index (χ0v) is 20.9. The number of rotatable bonds is 4. The van der Waals surface area contributed by atoms with Gasteiger partial charge in [0.25, 0.3) is 17.4 Å². The van der Waals surface area contributed by atoms with Gasteiger partial charge in [-0.15, -0.1) is 0 Å². The van der Waals surface area contributed by atoms with Crippen molar-refractivity contribution in [1.82, 2.24) is 9.78 Å². The van der Waals surface area contributed by atoms with E-state index in [9.17, 15) is 19.2 Å². The minimum atomic E-state index is -0.732. The zero-order chi connectivity index (χ0) is 26.5. The van der Waals surface area contributed by atoms with E-state index in [4.69, 9.17) is 4.74 Å². The number of esters is 1. The van der Waals surface area contributed by atoms with Crippen LogP contribution in [0, 0.1) is 0 Å². The van der Waals surface area contributed by atoms with Gasteiger partial charge < -0.3 is 4.74 Å². The molecule has 2 amide bonds. The minimum Gasteiger partial charge on any atom is -0.461 e. The molecular weight excluding hydrogens is 470 g/mol. The number of amides is 2. The molecule has 0 aliphatic carbocycles. The smallest absolute Gasteiger partial charge is 0.359 e. The summed E-state index contributed by atoms with van der Waals surface area (Å²) in [5, 5.41) is 4.59. The van der Waals surface area contributed by atoms with Crippen LogP contribution in [0.25, 0.3) is 16.5 Å². The number of imide groups is 1. The summed E-state index contributed by atoms with van der Waals surface area (Å²) in [5.41, 5.74) is 1.41. The van der Waals surface area contributed by atoms with Crippen molar-refractivity contribution < 1.29 is 19.1 Å². The summed E-state index contributed by atoms with van der Waals surface area (Å²) in [4.78, 5) is 54.1. The second-order valence-electron chi connectivity index (χ2n) is 9.81. The molecule has 186 valence electrons. The molecule has 1 aromatic heterocycles. The molecule has 0 saturated carbocycles. The second kappa shape index (κ2) is 8.81. The van der Waals surface area contributed by atoms with Crippen molar-refractivity contribution in [2.75, 3.05) is 11.5 Å². The normalized spacial score (nSPS) is 13.2. The molecule has 0 atom stereocenters. The molecule has 8 heteroatoms. The van der Waals surface area contributed by atoms with E-state index in [1.165, 1.54) is 12.1 Å². The quantitative estimate of drug-likeness (QED) is 0.302. The third-order valence-electron chi connectivity index (χ3n) is 6.36. The number of hydrogen-bond acceptors (Lipinski definition) is 6. The molecule has 0 unspecified atom stereocenters. The van der Waals surface area contributed by atoms with Crippen LogP contribution in [0.1, 0.15) is 64.5 Å². The van der Waals surface area contributed by atoms with Crippen molar-refractivity contribution in [2.45, 2.75) is 33.1 Å². The van der Waals surface area contributed by atoms with Gasteiger partial charge in [0.2, 0.25) is 0 Å². The second-order valence-corrected chi connectivity index (χ2v) is 9.81. The van der Waals surface area contributed by atoms with E-state index in [-0.39, 0.29) is 39.6 Å². The average molecular weight is 496 g/mol. The molecule has 4 aromatic rings. The fraction of sp³-hybridized carbons (Fsp3) is 0.207. The largest absolute Gasteiger partial charge is 0.461 e. The molecular formula is C29H25N3O5. The van der Waals surface area contributed by atoms with Gasteiger partial charge in [0, 0.05) is 5.39 Å². The summed E-state index contributed by atoms with van der Waals surface area (Å²) in [5.74, 6) is -1.81. The number of nitrogens with zero attached hydrogens (tertiary/aromatic N) is 3. The van der Waals surface area contributed by atoms with E-state index in [0.717, 1.165) is 15.1 Å². The van der Waals surface area contributed by atoms with Gasteiger partial charge in [0.05, 0.1) is 34.5 Å².